The zero-order valence-electron chi connectivity index (χ0n) is 9.85. The van der Waals surface area contributed by atoms with Gasteiger partial charge in [-0.25, -0.2) is 0 Å². The van der Waals surface area contributed by atoms with Gasteiger partial charge in [0.2, 0.25) is 0 Å². The Hall–Kier alpha value is -0.520. The van der Waals surface area contributed by atoms with E-state index in [4.69, 9.17) is 0 Å². The molecule has 0 radical (unpaired) electrons. The van der Waals surface area contributed by atoms with E-state index < -0.39 is 0 Å². The van der Waals surface area contributed by atoms with Crippen molar-refractivity contribution in [3.05, 3.63) is 23.8 Å². The van der Waals surface area contributed by atoms with Gasteiger partial charge in [-0.3, -0.25) is 0 Å². The average Bonchev–Trinajstić information content (AvgIpc) is 2.01. The van der Waals surface area contributed by atoms with Crippen molar-refractivity contribution < 1.29 is 0 Å². The van der Waals surface area contributed by atoms with Crippen LogP contribution in [0.4, 0.5) is 0 Å². The van der Waals surface area contributed by atoms with E-state index in [9.17, 15) is 0 Å². The topological polar surface area (TPSA) is 0 Å². The highest BCUT2D eigenvalue weighted by Crippen LogP contribution is 2.23. The van der Waals surface area contributed by atoms with Crippen LogP contribution in [-0.4, -0.2) is 0 Å². The van der Waals surface area contributed by atoms with E-state index in [0.29, 0.717) is 5.41 Å². The number of rotatable bonds is 4. The molecular weight excluding hydrogens is 156 g/mol. The summed E-state index contributed by atoms with van der Waals surface area (Å²) in [5, 5.41) is 0. The molecule has 0 bridgehead atoms. The predicted molar refractivity (Wildman–Crippen MR) is 61.9 cm³/mol. The van der Waals surface area contributed by atoms with Crippen LogP contribution in [0.25, 0.3) is 0 Å². The summed E-state index contributed by atoms with van der Waals surface area (Å²) in [6, 6.07) is 0. The Bertz CT molecular complexity index is 177. The Morgan fingerprint density at radius 2 is 1.77 bits per heavy atom. The molecule has 13 heavy (non-hydrogen) atoms. The quantitative estimate of drug-likeness (QED) is 0.549. The van der Waals surface area contributed by atoms with Crippen molar-refractivity contribution in [2.24, 2.45) is 5.41 Å². The fourth-order valence-corrected chi connectivity index (χ4v) is 1.36. The maximum absolute atomic E-state index is 2.30. The van der Waals surface area contributed by atoms with Gasteiger partial charge in [0.05, 0.1) is 0 Å². The fourth-order valence-electron chi connectivity index (χ4n) is 1.36. The van der Waals surface area contributed by atoms with Gasteiger partial charge < -0.3 is 0 Å². The molecule has 0 aromatic carbocycles. The molecular formula is C13H24. The van der Waals surface area contributed by atoms with E-state index in [1.807, 2.05) is 0 Å². The molecule has 0 aliphatic rings. The second-order valence-electron chi connectivity index (χ2n) is 4.78. The van der Waals surface area contributed by atoms with Crippen molar-refractivity contribution in [2.75, 3.05) is 0 Å². The van der Waals surface area contributed by atoms with Crippen LogP contribution in [0, 0.1) is 5.41 Å². The molecule has 0 N–H and O–H groups in total. The monoisotopic (exact) mass is 180 g/mol. The van der Waals surface area contributed by atoms with Gasteiger partial charge in [-0.05, 0) is 38.5 Å². The third kappa shape index (κ3) is 7.83. The molecule has 0 aliphatic heterocycles. The van der Waals surface area contributed by atoms with E-state index in [1.54, 1.807) is 0 Å². The van der Waals surface area contributed by atoms with Gasteiger partial charge in [-0.2, -0.15) is 0 Å². The maximum atomic E-state index is 2.30. The summed E-state index contributed by atoms with van der Waals surface area (Å²) in [6.45, 7) is 11.1. The lowest BCUT2D eigenvalue weighted by Crippen LogP contribution is -2.04. The highest BCUT2D eigenvalue weighted by atomic mass is 14.1. The van der Waals surface area contributed by atoms with Crippen LogP contribution in [0.5, 0.6) is 0 Å². The predicted octanol–water partition coefficient (Wildman–Crippen LogP) is 4.73. The van der Waals surface area contributed by atoms with Gasteiger partial charge in [-0.1, -0.05) is 44.6 Å². The SMILES string of the molecule is CC=CC(=CC)CCCC(C)(C)C. The van der Waals surface area contributed by atoms with E-state index in [2.05, 4.69) is 52.8 Å². The third-order valence-corrected chi connectivity index (χ3v) is 2.14. The third-order valence-electron chi connectivity index (χ3n) is 2.14. The van der Waals surface area contributed by atoms with Crippen LogP contribution in [0.3, 0.4) is 0 Å². The Balaban J connectivity index is 3.76. The summed E-state index contributed by atoms with van der Waals surface area (Å²) in [6.07, 6.45) is 10.4. The van der Waals surface area contributed by atoms with Crippen LogP contribution in [0.1, 0.15) is 53.9 Å². The second-order valence-corrected chi connectivity index (χ2v) is 4.78. The average molecular weight is 180 g/mol. The molecule has 0 saturated heterocycles. The van der Waals surface area contributed by atoms with Crippen molar-refractivity contribution in [3.8, 4) is 0 Å². The van der Waals surface area contributed by atoms with Gasteiger partial charge in [-0.15, -0.1) is 0 Å². The first-order valence-corrected chi connectivity index (χ1v) is 5.27. The molecule has 0 unspecified atom stereocenters. The van der Waals surface area contributed by atoms with Gasteiger partial charge >= 0.3 is 0 Å². The summed E-state index contributed by atoms with van der Waals surface area (Å²) < 4.78 is 0. The standard InChI is InChI=1S/C13H24/c1-6-9-12(7-2)10-8-11-13(3,4)5/h6-7,9H,8,10-11H2,1-5H3. The highest BCUT2D eigenvalue weighted by molar-refractivity contribution is 5.16. The summed E-state index contributed by atoms with van der Waals surface area (Å²) in [5.74, 6) is 0. The van der Waals surface area contributed by atoms with Crippen LogP contribution in [0.2, 0.25) is 0 Å². The van der Waals surface area contributed by atoms with Crippen LogP contribution < -0.4 is 0 Å². The Morgan fingerprint density at radius 1 is 1.15 bits per heavy atom. The van der Waals surface area contributed by atoms with Gasteiger partial charge in [0, 0.05) is 0 Å². The molecule has 0 heteroatoms. The molecule has 0 rings (SSSR count). The maximum Gasteiger partial charge on any atom is -0.0282 e. The Labute approximate surface area is 83.7 Å². The highest BCUT2D eigenvalue weighted by Gasteiger charge is 2.08. The molecule has 0 nitrogen and oxygen atoms in total. The molecule has 0 aromatic heterocycles. The minimum Gasteiger partial charge on any atom is -0.0874 e. The molecule has 0 saturated carbocycles. The largest absolute Gasteiger partial charge is 0.0874 e. The van der Waals surface area contributed by atoms with E-state index in [-0.39, 0.29) is 0 Å². The lowest BCUT2D eigenvalue weighted by molar-refractivity contribution is 0.366. The van der Waals surface area contributed by atoms with Crippen LogP contribution in [-0.2, 0) is 0 Å². The summed E-state index contributed by atoms with van der Waals surface area (Å²) >= 11 is 0. The molecule has 0 aromatic rings. The van der Waals surface area contributed by atoms with Crippen molar-refractivity contribution >= 4 is 0 Å². The number of allylic oxidation sites excluding steroid dienone is 4. The van der Waals surface area contributed by atoms with Crippen molar-refractivity contribution in [3.63, 3.8) is 0 Å². The minimum atomic E-state index is 0.481. The minimum absolute atomic E-state index is 0.481. The first-order chi connectivity index (χ1) is 5.99. The fraction of sp³-hybridized carbons (Fsp3) is 0.692. The summed E-state index contributed by atoms with van der Waals surface area (Å²) in [7, 11) is 0. The van der Waals surface area contributed by atoms with Gasteiger partial charge in [0.15, 0.2) is 0 Å². The number of hydrogen-bond acceptors (Lipinski definition) is 0. The lowest BCUT2D eigenvalue weighted by atomic mass is 9.89. The van der Waals surface area contributed by atoms with E-state index in [0.717, 1.165) is 0 Å². The number of hydrogen-bond donors (Lipinski definition) is 0. The molecule has 76 valence electrons. The second kappa shape index (κ2) is 6.01. The van der Waals surface area contributed by atoms with Gasteiger partial charge in [0.1, 0.15) is 0 Å². The first kappa shape index (κ1) is 12.5. The smallest absolute Gasteiger partial charge is 0.0282 e. The molecule has 0 spiro atoms. The summed E-state index contributed by atoms with van der Waals surface area (Å²) in [4.78, 5) is 0. The Kier molecular flexibility index (Phi) is 5.77. The normalized spacial score (nSPS) is 14.1. The van der Waals surface area contributed by atoms with Crippen LogP contribution in [0.15, 0.2) is 23.8 Å². The van der Waals surface area contributed by atoms with Crippen molar-refractivity contribution in [1.29, 1.82) is 0 Å². The van der Waals surface area contributed by atoms with E-state index >= 15 is 0 Å². The molecule has 0 aliphatic carbocycles. The van der Waals surface area contributed by atoms with E-state index in [1.165, 1.54) is 24.8 Å². The zero-order chi connectivity index (χ0) is 10.3. The lowest BCUT2D eigenvalue weighted by Gasteiger charge is -2.17. The van der Waals surface area contributed by atoms with Crippen molar-refractivity contribution in [2.45, 2.75) is 53.9 Å². The molecule has 0 atom stereocenters. The molecule has 0 heterocycles. The van der Waals surface area contributed by atoms with Crippen LogP contribution >= 0.6 is 0 Å². The Morgan fingerprint density at radius 3 is 2.15 bits per heavy atom. The molecule has 0 fully saturated rings. The van der Waals surface area contributed by atoms with Crippen molar-refractivity contribution in [1.82, 2.24) is 0 Å². The van der Waals surface area contributed by atoms with Gasteiger partial charge in [0.25, 0.3) is 0 Å². The first-order valence-electron chi connectivity index (χ1n) is 5.27. The molecule has 0 amide bonds. The summed E-state index contributed by atoms with van der Waals surface area (Å²) in [5.41, 5.74) is 1.95. The zero-order valence-corrected chi connectivity index (χ0v) is 9.85.